The van der Waals surface area contributed by atoms with Gasteiger partial charge in [0.15, 0.2) is 0 Å². The molecule has 0 radical (unpaired) electrons. The first-order valence-electron chi connectivity index (χ1n) is 3.63. The molecular formula is C9H6Cl3NO. The van der Waals surface area contributed by atoms with Crippen LogP contribution in [0, 0.1) is 0 Å². The first kappa shape index (κ1) is 11.4. The molecule has 2 nitrogen and oxygen atoms in total. The number of nitrogens with two attached hydrogens (primary N) is 1. The van der Waals surface area contributed by atoms with Crippen LogP contribution in [-0.2, 0) is 4.79 Å². The van der Waals surface area contributed by atoms with Crippen molar-refractivity contribution in [3.63, 3.8) is 0 Å². The highest BCUT2D eigenvalue weighted by Gasteiger charge is 2.04. The van der Waals surface area contributed by atoms with Gasteiger partial charge in [0.1, 0.15) is 0 Å². The highest BCUT2D eigenvalue weighted by Crippen LogP contribution is 2.30. The fraction of sp³-hybridized carbons (Fsp3) is 0. The molecule has 0 spiro atoms. The molecule has 1 aromatic rings. The van der Waals surface area contributed by atoms with Gasteiger partial charge < -0.3 is 5.73 Å². The number of carbonyl (C=O) groups excluding carboxylic acids is 1. The van der Waals surface area contributed by atoms with E-state index >= 15 is 0 Å². The number of hydrogen-bond donors (Lipinski definition) is 1. The van der Waals surface area contributed by atoms with E-state index in [1.165, 1.54) is 18.2 Å². The molecule has 0 atom stereocenters. The lowest BCUT2D eigenvalue weighted by Gasteiger charge is -2.01. The van der Waals surface area contributed by atoms with Crippen molar-refractivity contribution in [2.45, 2.75) is 0 Å². The first-order valence-corrected chi connectivity index (χ1v) is 4.76. The van der Waals surface area contributed by atoms with E-state index in [9.17, 15) is 4.79 Å². The van der Waals surface area contributed by atoms with E-state index in [0.717, 1.165) is 0 Å². The zero-order valence-electron chi connectivity index (χ0n) is 6.93. The van der Waals surface area contributed by atoms with E-state index in [4.69, 9.17) is 40.5 Å². The molecule has 0 aliphatic heterocycles. The second-order valence-corrected chi connectivity index (χ2v) is 3.75. The van der Waals surface area contributed by atoms with Crippen LogP contribution < -0.4 is 5.73 Å². The standard InChI is InChI=1S/C9H6Cl3NO/c10-6-3-5(1-2-8(13)14)9(12)7(11)4-6/h1-4H,(H2,13,14)/b2-1-. The molecule has 74 valence electrons. The molecule has 0 bridgehead atoms. The zero-order valence-corrected chi connectivity index (χ0v) is 9.20. The van der Waals surface area contributed by atoms with Crippen molar-refractivity contribution in [3.05, 3.63) is 38.8 Å². The SMILES string of the molecule is NC(=O)/C=C\c1cc(Cl)cc(Cl)c1Cl. The Bertz CT molecular complexity index is 401. The lowest BCUT2D eigenvalue weighted by atomic mass is 10.2. The molecule has 1 amide bonds. The number of hydrogen-bond acceptors (Lipinski definition) is 1. The van der Waals surface area contributed by atoms with Crippen LogP contribution in [-0.4, -0.2) is 5.91 Å². The van der Waals surface area contributed by atoms with Crippen molar-refractivity contribution >= 4 is 46.8 Å². The van der Waals surface area contributed by atoms with Crippen molar-refractivity contribution in [3.8, 4) is 0 Å². The van der Waals surface area contributed by atoms with Crippen LogP contribution in [0.2, 0.25) is 15.1 Å². The van der Waals surface area contributed by atoms with Gasteiger partial charge in [0.05, 0.1) is 10.0 Å². The van der Waals surface area contributed by atoms with Gasteiger partial charge in [0.2, 0.25) is 5.91 Å². The topological polar surface area (TPSA) is 43.1 Å². The van der Waals surface area contributed by atoms with E-state index in [0.29, 0.717) is 20.6 Å². The Hall–Kier alpha value is -0.700. The minimum absolute atomic E-state index is 0.336. The third-order valence-corrected chi connectivity index (χ3v) is 2.48. The van der Waals surface area contributed by atoms with Crippen LogP contribution in [0.25, 0.3) is 6.08 Å². The van der Waals surface area contributed by atoms with Gasteiger partial charge in [0, 0.05) is 11.1 Å². The summed E-state index contributed by atoms with van der Waals surface area (Å²) in [5.74, 6) is -0.558. The number of halogens is 3. The van der Waals surface area contributed by atoms with Crippen LogP contribution in [0.5, 0.6) is 0 Å². The summed E-state index contributed by atoms with van der Waals surface area (Å²) >= 11 is 17.4. The minimum Gasteiger partial charge on any atom is -0.366 e. The molecule has 2 N–H and O–H groups in total. The highest BCUT2D eigenvalue weighted by molar-refractivity contribution is 6.44. The van der Waals surface area contributed by atoms with Gasteiger partial charge in [-0.25, -0.2) is 0 Å². The van der Waals surface area contributed by atoms with E-state index in [2.05, 4.69) is 0 Å². The molecule has 1 aromatic carbocycles. The predicted molar refractivity (Wildman–Crippen MR) is 59.7 cm³/mol. The average molecular weight is 251 g/mol. The smallest absolute Gasteiger partial charge is 0.241 e. The van der Waals surface area contributed by atoms with E-state index in [-0.39, 0.29) is 0 Å². The minimum atomic E-state index is -0.558. The maximum Gasteiger partial charge on any atom is 0.241 e. The summed E-state index contributed by atoms with van der Waals surface area (Å²) in [6.45, 7) is 0. The summed E-state index contributed by atoms with van der Waals surface area (Å²) in [6, 6.07) is 3.11. The Morgan fingerprint density at radius 3 is 2.50 bits per heavy atom. The predicted octanol–water partition coefficient (Wildman–Crippen LogP) is 3.15. The van der Waals surface area contributed by atoms with Crippen LogP contribution in [0.4, 0.5) is 0 Å². The van der Waals surface area contributed by atoms with Crippen molar-refractivity contribution < 1.29 is 4.79 Å². The number of amides is 1. The first-order chi connectivity index (χ1) is 6.50. The third-order valence-electron chi connectivity index (χ3n) is 1.45. The van der Waals surface area contributed by atoms with Crippen molar-refractivity contribution in [1.82, 2.24) is 0 Å². The van der Waals surface area contributed by atoms with Crippen molar-refractivity contribution in [2.75, 3.05) is 0 Å². The molecule has 14 heavy (non-hydrogen) atoms. The van der Waals surface area contributed by atoms with Gasteiger partial charge >= 0.3 is 0 Å². The summed E-state index contributed by atoms with van der Waals surface area (Å²) in [4.78, 5) is 10.5. The molecular weight excluding hydrogens is 244 g/mol. The molecule has 0 aliphatic rings. The third kappa shape index (κ3) is 2.91. The fourth-order valence-electron chi connectivity index (χ4n) is 0.869. The lowest BCUT2D eigenvalue weighted by molar-refractivity contribution is -0.113. The van der Waals surface area contributed by atoms with Gasteiger partial charge in [-0.15, -0.1) is 0 Å². The summed E-state index contributed by atoms with van der Waals surface area (Å²) < 4.78 is 0. The second kappa shape index (κ2) is 4.69. The molecule has 5 heteroatoms. The van der Waals surface area contributed by atoms with Gasteiger partial charge in [0.25, 0.3) is 0 Å². The monoisotopic (exact) mass is 249 g/mol. The molecule has 0 unspecified atom stereocenters. The second-order valence-electron chi connectivity index (χ2n) is 2.53. The summed E-state index contributed by atoms with van der Waals surface area (Å²) in [5, 5.41) is 1.13. The van der Waals surface area contributed by atoms with Gasteiger partial charge in [-0.1, -0.05) is 34.8 Å². The Labute approximate surface area is 96.2 Å². The highest BCUT2D eigenvalue weighted by atomic mass is 35.5. The fourth-order valence-corrected chi connectivity index (χ4v) is 1.55. The normalized spacial score (nSPS) is 10.8. The average Bonchev–Trinajstić information content (AvgIpc) is 2.08. The molecule has 1 rings (SSSR count). The van der Waals surface area contributed by atoms with E-state index in [1.807, 2.05) is 0 Å². The van der Waals surface area contributed by atoms with E-state index < -0.39 is 5.91 Å². The Kier molecular flexibility index (Phi) is 3.81. The van der Waals surface area contributed by atoms with Crippen LogP contribution >= 0.6 is 34.8 Å². The molecule has 0 fully saturated rings. The maximum absolute atomic E-state index is 10.5. The largest absolute Gasteiger partial charge is 0.366 e. The number of carbonyl (C=O) groups is 1. The van der Waals surface area contributed by atoms with Gasteiger partial charge in [-0.3, -0.25) is 4.79 Å². The number of rotatable bonds is 2. The van der Waals surface area contributed by atoms with Crippen LogP contribution in [0.1, 0.15) is 5.56 Å². The number of primary amides is 1. The van der Waals surface area contributed by atoms with Gasteiger partial charge in [-0.2, -0.15) is 0 Å². The lowest BCUT2D eigenvalue weighted by Crippen LogP contribution is -2.05. The quantitative estimate of drug-likeness (QED) is 0.636. The molecule has 0 heterocycles. The van der Waals surface area contributed by atoms with Crippen molar-refractivity contribution in [2.24, 2.45) is 5.73 Å². The van der Waals surface area contributed by atoms with Crippen molar-refractivity contribution in [1.29, 1.82) is 0 Å². The summed E-state index contributed by atoms with van der Waals surface area (Å²) in [5.41, 5.74) is 5.49. The summed E-state index contributed by atoms with van der Waals surface area (Å²) in [7, 11) is 0. The van der Waals surface area contributed by atoms with Gasteiger partial charge in [-0.05, 0) is 23.8 Å². The molecule has 0 aromatic heterocycles. The zero-order chi connectivity index (χ0) is 10.7. The molecule has 0 saturated carbocycles. The molecule has 0 aliphatic carbocycles. The van der Waals surface area contributed by atoms with E-state index in [1.54, 1.807) is 6.07 Å². The molecule has 0 saturated heterocycles. The Morgan fingerprint density at radius 2 is 1.93 bits per heavy atom. The Morgan fingerprint density at radius 1 is 1.29 bits per heavy atom. The Balaban J connectivity index is 3.14. The maximum atomic E-state index is 10.5. The number of benzene rings is 1. The summed E-state index contributed by atoms with van der Waals surface area (Å²) in [6.07, 6.45) is 2.65. The van der Waals surface area contributed by atoms with Crippen LogP contribution in [0.3, 0.4) is 0 Å². The van der Waals surface area contributed by atoms with Crippen LogP contribution in [0.15, 0.2) is 18.2 Å².